The van der Waals surface area contributed by atoms with Gasteiger partial charge in [0.25, 0.3) is 0 Å². The maximum absolute atomic E-state index is 17.3. The number of benzene rings is 14. The topological polar surface area (TPSA) is 6.48 Å². The van der Waals surface area contributed by atoms with Crippen molar-refractivity contribution in [2.24, 2.45) is 0 Å². The summed E-state index contributed by atoms with van der Waals surface area (Å²) in [4.78, 5) is 4.53. The molecule has 0 heterocycles. The number of hydrogen-bond acceptors (Lipinski definition) is 2. The van der Waals surface area contributed by atoms with E-state index in [0.29, 0.717) is 33.0 Å². The van der Waals surface area contributed by atoms with Gasteiger partial charge in [-0.25, -0.2) is 17.6 Å². The zero-order chi connectivity index (χ0) is 58.3. The monoisotopic (exact) mass is 1120 g/mol. The Hall–Kier alpha value is -10.3. The molecule has 0 unspecified atom stereocenters. The second-order valence-electron chi connectivity index (χ2n) is 24.1. The van der Waals surface area contributed by atoms with Crippen LogP contribution in [0, 0.1) is 23.3 Å². The lowest BCUT2D eigenvalue weighted by Gasteiger charge is -2.29. The summed E-state index contributed by atoms with van der Waals surface area (Å²) in [5, 5.41) is 9.85. The largest absolute Gasteiger partial charge is 0.310 e. The molecule has 16 rings (SSSR count). The first kappa shape index (κ1) is 51.3. The Kier molecular flexibility index (Phi) is 11.4. The molecule has 86 heavy (non-hydrogen) atoms. The van der Waals surface area contributed by atoms with E-state index in [9.17, 15) is 0 Å². The smallest absolute Gasteiger partial charge is 0.134 e. The van der Waals surface area contributed by atoms with Gasteiger partial charge in [-0.05, 0) is 208 Å². The molecule has 14 aromatic rings. The highest BCUT2D eigenvalue weighted by atomic mass is 19.1. The zero-order valence-electron chi connectivity index (χ0n) is 47.7. The van der Waals surface area contributed by atoms with Gasteiger partial charge in [-0.3, -0.25) is 0 Å². The van der Waals surface area contributed by atoms with Gasteiger partial charge in [0, 0.05) is 56.1 Å². The molecule has 0 atom stereocenters. The van der Waals surface area contributed by atoms with Gasteiger partial charge in [0.1, 0.15) is 23.3 Å². The summed E-state index contributed by atoms with van der Waals surface area (Å²) in [5.41, 5.74) is 10.7. The molecule has 2 aliphatic rings. The maximum atomic E-state index is 17.3. The predicted octanol–water partition coefficient (Wildman–Crippen LogP) is 22.9. The molecule has 14 aromatic carbocycles. The second-order valence-corrected chi connectivity index (χ2v) is 24.1. The Bertz CT molecular complexity index is 4690. The minimum atomic E-state index is -0.811. The summed E-state index contributed by atoms with van der Waals surface area (Å²) in [6.07, 6.45) is 0. The molecule has 0 N–H and O–H groups in total. The minimum Gasteiger partial charge on any atom is -0.310 e. The number of hydrogen-bond donors (Lipinski definition) is 0. The van der Waals surface area contributed by atoms with E-state index in [1.165, 1.54) is 36.4 Å². The fraction of sp³-hybridized carbons (Fsp3) is 0.0750. The van der Waals surface area contributed by atoms with E-state index < -0.39 is 34.1 Å². The number of halogens is 4. The fourth-order valence-corrected chi connectivity index (χ4v) is 14.3. The fourth-order valence-electron chi connectivity index (χ4n) is 14.3. The normalized spacial score (nSPS) is 13.5. The second kappa shape index (κ2) is 19.1. The zero-order valence-corrected chi connectivity index (χ0v) is 47.7. The Morgan fingerprint density at radius 2 is 0.500 bits per heavy atom. The van der Waals surface area contributed by atoms with E-state index in [1.54, 1.807) is 0 Å². The third-order valence-corrected chi connectivity index (χ3v) is 18.6. The molecule has 2 aliphatic carbocycles. The maximum Gasteiger partial charge on any atom is 0.134 e. The molecule has 0 saturated heterocycles. The van der Waals surface area contributed by atoms with Crippen LogP contribution in [-0.2, 0) is 10.8 Å². The van der Waals surface area contributed by atoms with Crippen molar-refractivity contribution in [2.45, 2.75) is 38.5 Å². The van der Waals surface area contributed by atoms with Crippen molar-refractivity contribution in [3.63, 3.8) is 0 Å². The van der Waals surface area contributed by atoms with Gasteiger partial charge in [0.2, 0.25) is 0 Å². The van der Waals surface area contributed by atoms with Crippen LogP contribution in [0.15, 0.2) is 255 Å². The highest BCUT2D eigenvalue weighted by Gasteiger charge is 2.44. The van der Waals surface area contributed by atoms with Crippen LogP contribution in [-0.4, -0.2) is 0 Å². The number of nitrogens with zero attached hydrogens (tertiary/aromatic N) is 2. The summed E-state index contributed by atoms with van der Waals surface area (Å²) in [7, 11) is 0. The van der Waals surface area contributed by atoms with E-state index in [1.807, 2.05) is 48.5 Å². The molecule has 0 bridgehead atoms. The Balaban J connectivity index is 0.946. The summed E-state index contributed by atoms with van der Waals surface area (Å²) in [5.74, 6) is -2.96. The van der Waals surface area contributed by atoms with Gasteiger partial charge in [-0.2, -0.15) is 0 Å². The van der Waals surface area contributed by atoms with Crippen LogP contribution in [0.1, 0.15) is 49.9 Å². The molecular formula is C80H54F4N2. The Morgan fingerprint density at radius 3 is 0.802 bits per heavy atom. The van der Waals surface area contributed by atoms with Gasteiger partial charge >= 0.3 is 0 Å². The lowest BCUT2D eigenvalue weighted by Crippen LogP contribution is -2.17. The van der Waals surface area contributed by atoms with Crippen molar-refractivity contribution in [1.82, 2.24) is 0 Å². The van der Waals surface area contributed by atoms with E-state index in [2.05, 4.69) is 207 Å². The van der Waals surface area contributed by atoms with Gasteiger partial charge in [0.15, 0.2) is 0 Å². The molecule has 412 valence electrons. The van der Waals surface area contributed by atoms with Gasteiger partial charge < -0.3 is 9.80 Å². The van der Waals surface area contributed by atoms with Gasteiger partial charge in [0.05, 0.1) is 11.1 Å². The van der Waals surface area contributed by atoms with Crippen LogP contribution in [0.3, 0.4) is 0 Å². The first-order valence-corrected chi connectivity index (χ1v) is 29.2. The molecule has 0 radical (unpaired) electrons. The van der Waals surface area contributed by atoms with Crippen molar-refractivity contribution in [1.29, 1.82) is 0 Å². The van der Waals surface area contributed by atoms with Crippen LogP contribution >= 0.6 is 0 Å². The summed E-state index contributed by atoms with van der Waals surface area (Å²) >= 11 is 0. The van der Waals surface area contributed by atoms with E-state index in [0.717, 1.165) is 111 Å². The lowest BCUT2D eigenvalue weighted by atomic mass is 9.76. The highest BCUT2D eigenvalue weighted by molar-refractivity contribution is 6.17. The first-order valence-electron chi connectivity index (χ1n) is 29.2. The van der Waals surface area contributed by atoms with Crippen LogP contribution in [0.5, 0.6) is 0 Å². The van der Waals surface area contributed by atoms with Crippen LogP contribution < -0.4 is 9.80 Å². The summed E-state index contributed by atoms with van der Waals surface area (Å²) in [6, 6.07) is 84.1. The molecule has 0 fully saturated rings. The Morgan fingerprint density at radius 1 is 0.233 bits per heavy atom. The third-order valence-electron chi connectivity index (χ3n) is 18.6. The lowest BCUT2D eigenvalue weighted by molar-refractivity contribution is 0.589. The average molecular weight is 1120 g/mol. The van der Waals surface area contributed by atoms with Crippen LogP contribution in [0.2, 0.25) is 0 Å². The summed E-state index contributed by atoms with van der Waals surface area (Å²) in [6.45, 7) is 8.55. The number of rotatable bonds is 8. The van der Waals surface area contributed by atoms with Crippen molar-refractivity contribution in [3.05, 3.63) is 300 Å². The standard InChI is InChI=1S/C80H54F4N2/c1-79(2)65-43-59(85(55-31-27-47-15-5-9-19-51(47)39-55)56-32-28-48-16-6-10-20-52(48)40-56)35-37-61(65)73-67(79)45-63-64(75(73)77-69(81)23-13-24-70(77)82)46-68-74(76(63)78-71(83)25-14-26-72(78)84)62-38-36-60(44-66(62)80(68,3)4)86(57-33-29-49-17-7-11-21-53(49)41-57)58-34-30-50-18-8-12-22-54(50)42-58/h5-46H,1-4H3. The highest BCUT2D eigenvalue weighted by Crippen LogP contribution is 2.61. The van der Waals surface area contributed by atoms with E-state index >= 15 is 17.6 Å². The quantitative estimate of drug-likeness (QED) is 0.140. The van der Waals surface area contributed by atoms with E-state index in [-0.39, 0.29) is 11.1 Å². The minimum absolute atomic E-state index is 0.201. The molecule has 0 spiro atoms. The summed E-state index contributed by atoms with van der Waals surface area (Å²) < 4.78 is 69.1. The Labute approximate surface area is 496 Å². The van der Waals surface area contributed by atoms with Crippen molar-refractivity contribution in [2.75, 3.05) is 9.80 Å². The third kappa shape index (κ3) is 7.78. The molecule has 0 saturated carbocycles. The average Bonchev–Trinajstić information content (AvgIpc) is 1.50. The molecular weight excluding hydrogens is 1060 g/mol. The van der Waals surface area contributed by atoms with Crippen molar-refractivity contribution >= 4 is 88.0 Å². The molecule has 0 amide bonds. The van der Waals surface area contributed by atoms with Crippen LogP contribution in [0.25, 0.3) is 98.4 Å². The molecule has 2 nitrogen and oxygen atoms in total. The SMILES string of the molecule is CC1(C)c2cc(N(c3ccc4ccccc4c3)c3ccc4ccccc4c3)ccc2-c2c1cc1c(-c3c(F)cccc3F)c3c(cc1c2-c1c(F)cccc1F)C(C)(C)c1cc(N(c2ccc4ccccc4c2)c2ccc4ccccc4c2)ccc1-3. The first-order chi connectivity index (χ1) is 41.8. The molecule has 0 aliphatic heterocycles. The van der Waals surface area contributed by atoms with Crippen LogP contribution in [0.4, 0.5) is 51.7 Å². The van der Waals surface area contributed by atoms with Gasteiger partial charge in [-0.1, -0.05) is 173 Å². The predicted molar refractivity (Wildman–Crippen MR) is 349 cm³/mol. The number of anilines is 6. The number of fused-ring (bicyclic) bond motifs is 11. The molecule has 6 heteroatoms. The van der Waals surface area contributed by atoms with E-state index in [4.69, 9.17) is 0 Å². The van der Waals surface area contributed by atoms with Crippen molar-refractivity contribution < 1.29 is 17.6 Å². The molecule has 0 aromatic heterocycles. The van der Waals surface area contributed by atoms with Gasteiger partial charge in [-0.15, -0.1) is 0 Å². The van der Waals surface area contributed by atoms with Crippen molar-refractivity contribution in [3.8, 4) is 44.5 Å².